The van der Waals surface area contributed by atoms with Gasteiger partial charge in [-0.25, -0.2) is 4.79 Å². The number of hydrogen-bond donors (Lipinski definition) is 1. The first-order valence-corrected chi connectivity index (χ1v) is 10.3. The molecule has 0 aromatic heterocycles. The molecule has 31 heavy (non-hydrogen) atoms. The first-order valence-electron chi connectivity index (χ1n) is 9.53. The van der Waals surface area contributed by atoms with Crippen molar-refractivity contribution in [2.75, 3.05) is 7.11 Å². The largest absolute Gasteiger partial charge is 0.488 e. The third-order valence-electron chi connectivity index (χ3n) is 4.67. The van der Waals surface area contributed by atoms with Crippen LogP contribution in [0.1, 0.15) is 44.8 Å². The van der Waals surface area contributed by atoms with E-state index in [4.69, 9.17) is 32.7 Å². The molecule has 0 heterocycles. The molecular weight excluding hydrogens is 437 g/mol. The van der Waals surface area contributed by atoms with Gasteiger partial charge in [0.25, 0.3) is 5.91 Å². The normalized spacial score (nSPS) is 11.5. The Kier molecular flexibility index (Phi) is 7.55. The van der Waals surface area contributed by atoms with Crippen molar-refractivity contribution in [2.24, 2.45) is 0 Å². The summed E-state index contributed by atoms with van der Waals surface area (Å²) in [6, 6.07) is 18.7. The number of carbonyl (C=O) groups is 2. The monoisotopic (exact) mass is 457 g/mol. The molecule has 3 rings (SSSR count). The molecule has 0 radical (unpaired) electrons. The van der Waals surface area contributed by atoms with E-state index in [0.29, 0.717) is 26.9 Å². The highest BCUT2D eigenvalue weighted by atomic mass is 35.5. The average molecular weight is 458 g/mol. The zero-order chi connectivity index (χ0) is 22.4. The van der Waals surface area contributed by atoms with Gasteiger partial charge in [-0.2, -0.15) is 0 Å². The maximum absolute atomic E-state index is 12.9. The maximum atomic E-state index is 12.9. The molecule has 5 nitrogen and oxygen atoms in total. The summed E-state index contributed by atoms with van der Waals surface area (Å²) in [6.07, 6.45) is 0. The quantitative estimate of drug-likeness (QED) is 0.451. The molecule has 160 valence electrons. The van der Waals surface area contributed by atoms with Crippen molar-refractivity contribution in [3.05, 3.63) is 99.0 Å². The first-order chi connectivity index (χ1) is 14.9. The molecule has 0 saturated heterocycles. The van der Waals surface area contributed by atoms with Gasteiger partial charge in [0.2, 0.25) is 0 Å². The van der Waals surface area contributed by atoms with E-state index in [0.717, 1.165) is 11.1 Å². The van der Waals surface area contributed by atoms with Crippen LogP contribution in [-0.2, 0) is 11.3 Å². The Hall–Kier alpha value is -3.02. The van der Waals surface area contributed by atoms with Crippen molar-refractivity contribution in [2.45, 2.75) is 19.6 Å². The number of amides is 1. The van der Waals surface area contributed by atoms with Crippen molar-refractivity contribution >= 4 is 35.1 Å². The zero-order valence-electron chi connectivity index (χ0n) is 17.0. The Balaban J connectivity index is 1.72. The molecule has 0 saturated carbocycles. The molecule has 1 amide bonds. The number of methoxy groups -OCH3 is 1. The van der Waals surface area contributed by atoms with Gasteiger partial charge in [0.1, 0.15) is 12.4 Å². The number of ether oxygens (including phenoxy) is 2. The van der Waals surface area contributed by atoms with Gasteiger partial charge in [-0.1, -0.05) is 47.5 Å². The molecule has 7 heteroatoms. The predicted octanol–water partition coefficient (Wildman–Crippen LogP) is 5.85. The molecule has 1 atom stereocenters. The van der Waals surface area contributed by atoms with Gasteiger partial charge in [-0.3, -0.25) is 4.79 Å². The number of nitrogens with one attached hydrogen (secondary N) is 1. The number of benzene rings is 3. The Morgan fingerprint density at radius 2 is 1.58 bits per heavy atom. The standard InChI is InChI=1S/C24H21Cl2NO4/c1-15(17-5-7-18(8-6-17)24(29)30-2)27-23(28)21-13-20(26)11-12-22(21)31-14-16-3-9-19(25)10-4-16/h3-13,15H,14H2,1-2H3,(H,27,28)/t15-/m0/s1. The molecule has 0 spiro atoms. The van der Waals surface area contributed by atoms with Crippen LogP contribution in [0.4, 0.5) is 0 Å². The highest BCUT2D eigenvalue weighted by Crippen LogP contribution is 2.25. The third-order valence-corrected chi connectivity index (χ3v) is 5.16. The van der Waals surface area contributed by atoms with Crippen LogP contribution in [0.15, 0.2) is 66.7 Å². The Bertz CT molecular complexity index is 1070. The predicted molar refractivity (Wildman–Crippen MR) is 121 cm³/mol. The van der Waals surface area contributed by atoms with E-state index in [2.05, 4.69) is 5.32 Å². The van der Waals surface area contributed by atoms with Crippen LogP contribution >= 0.6 is 23.2 Å². The first kappa shape index (κ1) is 22.7. The van der Waals surface area contributed by atoms with Gasteiger partial charge < -0.3 is 14.8 Å². The van der Waals surface area contributed by atoms with Crippen molar-refractivity contribution in [1.82, 2.24) is 5.32 Å². The average Bonchev–Trinajstić information content (AvgIpc) is 2.78. The van der Waals surface area contributed by atoms with Crippen LogP contribution in [0.2, 0.25) is 10.0 Å². The Morgan fingerprint density at radius 1 is 0.935 bits per heavy atom. The lowest BCUT2D eigenvalue weighted by molar-refractivity contribution is 0.0600. The van der Waals surface area contributed by atoms with Gasteiger partial charge in [0.15, 0.2) is 0 Å². The van der Waals surface area contributed by atoms with Crippen LogP contribution in [0, 0.1) is 0 Å². The highest BCUT2D eigenvalue weighted by molar-refractivity contribution is 6.31. The SMILES string of the molecule is COC(=O)c1ccc([C@H](C)NC(=O)c2cc(Cl)ccc2OCc2ccc(Cl)cc2)cc1. The number of carbonyl (C=O) groups excluding carboxylic acids is 2. The molecule has 0 fully saturated rings. The highest BCUT2D eigenvalue weighted by Gasteiger charge is 2.17. The van der Waals surface area contributed by atoms with Crippen LogP contribution in [0.25, 0.3) is 0 Å². The van der Waals surface area contributed by atoms with Gasteiger partial charge in [0.05, 0.1) is 24.3 Å². The summed E-state index contributed by atoms with van der Waals surface area (Å²) in [6.45, 7) is 2.13. The molecule has 0 unspecified atom stereocenters. The lowest BCUT2D eigenvalue weighted by atomic mass is 10.1. The zero-order valence-corrected chi connectivity index (χ0v) is 18.5. The van der Waals surface area contributed by atoms with Crippen LogP contribution < -0.4 is 10.1 Å². The van der Waals surface area contributed by atoms with Crippen molar-refractivity contribution in [3.8, 4) is 5.75 Å². The van der Waals surface area contributed by atoms with E-state index in [9.17, 15) is 9.59 Å². The smallest absolute Gasteiger partial charge is 0.337 e. The maximum Gasteiger partial charge on any atom is 0.337 e. The lowest BCUT2D eigenvalue weighted by Gasteiger charge is -2.17. The van der Waals surface area contributed by atoms with E-state index in [-0.39, 0.29) is 18.6 Å². The third kappa shape index (κ3) is 6.00. The Morgan fingerprint density at radius 3 is 2.23 bits per heavy atom. The van der Waals surface area contributed by atoms with E-state index in [1.54, 1.807) is 54.6 Å². The second kappa shape index (κ2) is 10.3. The molecule has 1 N–H and O–H groups in total. The van der Waals surface area contributed by atoms with Gasteiger partial charge in [-0.15, -0.1) is 0 Å². The van der Waals surface area contributed by atoms with E-state index < -0.39 is 5.97 Å². The fraction of sp³-hybridized carbons (Fsp3) is 0.167. The minimum absolute atomic E-state index is 0.281. The summed E-state index contributed by atoms with van der Waals surface area (Å²) in [5.41, 5.74) is 2.54. The lowest BCUT2D eigenvalue weighted by Crippen LogP contribution is -2.27. The topological polar surface area (TPSA) is 64.6 Å². The van der Waals surface area contributed by atoms with Gasteiger partial charge >= 0.3 is 5.97 Å². The minimum Gasteiger partial charge on any atom is -0.488 e. The van der Waals surface area contributed by atoms with E-state index in [1.807, 2.05) is 19.1 Å². The second-order valence-electron chi connectivity index (χ2n) is 6.86. The number of rotatable bonds is 7. The fourth-order valence-corrected chi connectivity index (χ4v) is 3.23. The van der Waals surface area contributed by atoms with Crippen LogP contribution in [-0.4, -0.2) is 19.0 Å². The summed E-state index contributed by atoms with van der Waals surface area (Å²) in [4.78, 5) is 24.5. The molecule has 3 aromatic carbocycles. The molecule has 0 aliphatic carbocycles. The number of hydrogen-bond acceptors (Lipinski definition) is 4. The summed E-state index contributed by atoms with van der Waals surface area (Å²) in [7, 11) is 1.33. The molecular formula is C24H21Cl2NO4. The number of esters is 1. The number of halogens is 2. The van der Waals surface area contributed by atoms with Gasteiger partial charge in [-0.05, 0) is 60.5 Å². The van der Waals surface area contributed by atoms with Crippen molar-refractivity contribution in [3.63, 3.8) is 0 Å². The van der Waals surface area contributed by atoms with E-state index in [1.165, 1.54) is 7.11 Å². The summed E-state index contributed by atoms with van der Waals surface area (Å²) in [5, 5.41) is 4.01. The summed E-state index contributed by atoms with van der Waals surface area (Å²) in [5.74, 6) is -0.312. The van der Waals surface area contributed by atoms with Crippen LogP contribution in [0.5, 0.6) is 5.75 Å². The Labute approximate surface area is 190 Å². The van der Waals surface area contributed by atoms with Crippen LogP contribution in [0.3, 0.4) is 0 Å². The fourth-order valence-electron chi connectivity index (χ4n) is 2.93. The van der Waals surface area contributed by atoms with E-state index >= 15 is 0 Å². The van der Waals surface area contributed by atoms with Gasteiger partial charge in [0, 0.05) is 10.0 Å². The second-order valence-corrected chi connectivity index (χ2v) is 7.74. The molecule has 0 bridgehead atoms. The summed E-state index contributed by atoms with van der Waals surface area (Å²) >= 11 is 12.0. The molecule has 0 aliphatic heterocycles. The molecule has 0 aliphatic rings. The van der Waals surface area contributed by atoms with Crippen molar-refractivity contribution in [1.29, 1.82) is 0 Å². The molecule has 3 aromatic rings. The minimum atomic E-state index is -0.412. The van der Waals surface area contributed by atoms with Crippen molar-refractivity contribution < 1.29 is 19.1 Å². The summed E-state index contributed by atoms with van der Waals surface area (Å²) < 4.78 is 10.6.